The minimum Gasteiger partial charge on any atom is -0.481 e. The van der Waals surface area contributed by atoms with Gasteiger partial charge in [-0.3, -0.25) is 4.79 Å². The van der Waals surface area contributed by atoms with Gasteiger partial charge in [0, 0.05) is 18.6 Å². The lowest BCUT2D eigenvalue weighted by Crippen LogP contribution is -2.53. The summed E-state index contributed by atoms with van der Waals surface area (Å²) in [6.45, 7) is 5.51. The van der Waals surface area contributed by atoms with Crippen molar-refractivity contribution < 1.29 is 18.3 Å². The summed E-state index contributed by atoms with van der Waals surface area (Å²) in [5.74, 6) is -1.55. The zero-order valence-corrected chi connectivity index (χ0v) is 11.2. The lowest BCUT2D eigenvalue weighted by molar-refractivity contribution is -0.144. The van der Waals surface area contributed by atoms with Gasteiger partial charge in [-0.15, -0.1) is 0 Å². The summed E-state index contributed by atoms with van der Waals surface area (Å²) in [5, 5.41) is 9.03. The van der Waals surface area contributed by atoms with Crippen molar-refractivity contribution in [1.82, 2.24) is 9.03 Å². The van der Waals surface area contributed by atoms with Gasteiger partial charge in [0.1, 0.15) is 0 Å². The summed E-state index contributed by atoms with van der Waals surface area (Å²) >= 11 is 0. The van der Waals surface area contributed by atoms with E-state index in [1.807, 2.05) is 0 Å². The van der Waals surface area contributed by atoms with Gasteiger partial charge in [-0.25, -0.2) is 0 Å². The van der Waals surface area contributed by atoms with Gasteiger partial charge < -0.3 is 5.11 Å². The lowest BCUT2D eigenvalue weighted by atomic mass is 9.92. The van der Waals surface area contributed by atoms with Gasteiger partial charge in [0.25, 0.3) is 10.2 Å². The number of carboxylic acids is 1. The Balaban J connectivity index is 2.87. The fourth-order valence-electron chi connectivity index (χ4n) is 2.15. The monoisotopic (exact) mass is 264 g/mol. The second kappa shape index (κ2) is 5.32. The smallest absolute Gasteiger partial charge is 0.308 e. The molecule has 1 saturated heterocycles. The van der Waals surface area contributed by atoms with E-state index in [1.54, 1.807) is 20.8 Å². The lowest BCUT2D eigenvalue weighted by Gasteiger charge is -2.36. The summed E-state index contributed by atoms with van der Waals surface area (Å²) in [7, 11) is -3.58. The van der Waals surface area contributed by atoms with Crippen molar-refractivity contribution in [2.45, 2.75) is 45.7 Å². The molecule has 0 aliphatic carbocycles. The molecule has 0 aromatic rings. The molecule has 100 valence electrons. The molecule has 0 amide bonds. The van der Waals surface area contributed by atoms with E-state index in [-0.39, 0.29) is 6.04 Å². The van der Waals surface area contributed by atoms with Crippen LogP contribution in [-0.2, 0) is 15.0 Å². The van der Waals surface area contributed by atoms with Gasteiger partial charge in [-0.2, -0.15) is 17.4 Å². The molecule has 1 aliphatic heterocycles. The van der Waals surface area contributed by atoms with Crippen LogP contribution in [0.3, 0.4) is 0 Å². The van der Waals surface area contributed by atoms with E-state index >= 15 is 0 Å². The largest absolute Gasteiger partial charge is 0.481 e. The normalized spacial score (nSPS) is 27.3. The fraction of sp³-hybridized carbons (Fsp3) is 0.900. The van der Waals surface area contributed by atoms with Crippen LogP contribution in [0.5, 0.6) is 0 Å². The van der Waals surface area contributed by atoms with Crippen LogP contribution in [0.1, 0.15) is 33.6 Å². The molecule has 1 aliphatic rings. The number of aliphatic carboxylic acids is 1. The van der Waals surface area contributed by atoms with Crippen molar-refractivity contribution >= 4 is 16.2 Å². The molecule has 2 atom stereocenters. The summed E-state index contributed by atoms with van der Waals surface area (Å²) in [5.41, 5.74) is 0. The van der Waals surface area contributed by atoms with Crippen LogP contribution in [0, 0.1) is 5.92 Å². The number of hydrogen-bond donors (Lipinski definition) is 2. The summed E-state index contributed by atoms with van der Waals surface area (Å²) < 4.78 is 27.7. The highest BCUT2D eigenvalue weighted by Gasteiger charge is 2.38. The third-order valence-electron chi connectivity index (χ3n) is 2.94. The molecule has 0 aromatic carbocycles. The molecule has 6 nitrogen and oxygen atoms in total. The highest BCUT2D eigenvalue weighted by molar-refractivity contribution is 7.87. The van der Waals surface area contributed by atoms with Crippen LogP contribution >= 0.6 is 0 Å². The minimum atomic E-state index is -3.58. The maximum atomic E-state index is 12.0. The maximum absolute atomic E-state index is 12.0. The topological polar surface area (TPSA) is 86.7 Å². The van der Waals surface area contributed by atoms with Gasteiger partial charge in [0.05, 0.1) is 5.92 Å². The van der Waals surface area contributed by atoms with E-state index in [0.717, 1.165) is 0 Å². The SMILES string of the molecule is CC(C)NS(=O)(=O)N1CCC[C@H](C(=O)O)[C@@H]1C. The molecule has 1 rings (SSSR count). The molecule has 0 bridgehead atoms. The Morgan fingerprint density at radius 3 is 2.53 bits per heavy atom. The standard InChI is InChI=1S/C10H20N2O4S/c1-7(2)11-17(15,16)12-6-4-5-9(8(12)3)10(13)14/h7-9,11H,4-6H2,1-3H3,(H,13,14)/t8-,9-/m0/s1. The van der Waals surface area contributed by atoms with Gasteiger partial charge >= 0.3 is 5.97 Å². The van der Waals surface area contributed by atoms with Crippen LogP contribution in [0.2, 0.25) is 0 Å². The molecule has 17 heavy (non-hydrogen) atoms. The van der Waals surface area contributed by atoms with Crippen molar-refractivity contribution in [2.24, 2.45) is 5.92 Å². The third kappa shape index (κ3) is 3.40. The summed E-state index contributed by atoms with van der Waals surface area (Å²) in [6, 6.07) is -0.699. The zero-order valence-electron chi connectivity index (χ0n) is 10.4. The molecule has 1 fully saturated rings. The number of nitrogens with zero attached hydrogens (tertiary/aromatic N) is 1. The molecule has 0 radical (unpaired) electrons. The van der Waals surface area contributed by atoms with E-state index in [2.05, 4.69) is 4.72 Å². The average molecular weight is 264 g/mol. The van der Waals surface area contributed by atoms with Gasteiger partial charge in [0.2, 0.25) is 0 Å². The first-order chi connectivity index (χ1) is 7.75. The first-order valence-electron chi connectivity index (χ1n) is 5.77. The Labute approximate surface area is 102 Å². The Morgan fingerprint density at radius 2 is 2.06 bits per heavy atom. The summed E-state index contributed by atoms with van der Waals surface area (Å²) in [6.07, 6.45) is 1.12. The molecular weight excluding hydrogens is 244 g/mol. The van der Waals surface area contributed by atoms with E-state index in [9.17, 15) is 13.2 Å². The molecule has 0 spiro atoms. The molecule has 0 unspecified atom stereocenters. The third-order valence-corrected chi connectivity index (χ3v) is 4.84. The van der Waals surface area contributed by atoms with Crippen molar-refractivity contribution in [2.75, 3.05) is 6.54 Å². The Kier molecular flexibility index (Phi) is 4.51. The maximum Gasteiger partial charge on any atom is 0.308 e. The highest BCUT2D eigenvalue weighted by atomic mass is 32.2. The Bertz CT molecular complexity index is 380. The van der Waals surface area contributed by atoms with Gasteiger partial charge in [0.15, 0.2) is 0 Å². The van der Waals surface area contributed by atoms with Gasteiger partial charge in [-0.1, -0.05) is 0 Å². The van der Waals surface area contributed by atoms with E-state index < -0.39 is 28.1 Å². The minimum absolute atomic E-state index is 0.197. The highest BCUT2D eigenvalue weighted by Crippen LogP contribution is 2.25. The number of hydrogen-bond acceptors (Lipinski definition) is 3. The first kappa shape index (κ1) is 14.4. The number of carboxylic acid groups (broad SMARTS) is 1. The second-order valence-corrected chi connectivity index (χ2v) is 6.37. The van der Waals surface area contributed by atoms with Crippen molar-refractivity contribution in [3.8, 4) is 0 Å². The molecule has 1 heterocycles. The number of nitrogens with one attached hydrogen (secondary N) is 1. The quantitative estimate of drug-likeness (QED) is 0.770. The van der Waals surface area contributed by atoms with Gasteiger partial charge in [-0.05, 0) is 33.6 Å². The van der Waals surface area contributed by atoms with Crippen molar-refractivity contribution in [3.05, 3.63) is 0 Å². The van der Waals surface area contributed by atoms with Crippen molar-refractivity contribution in [3.63, 3.8) is 0 Å². The molecule has 7 heteroatoms. The molecule has 0 aromatic heterocycles. The average Bonchev–Trinajstić information content (AvgIpc) is 2.14. The molecular formula is C10H20N2O4S. The molecule has 2 N–H and O–H groups in total. The number of rotatable bonds is 4. The fourth-order valence-corrected chi connectivity index (χ4v) is 3.83. The van der Waals surface area contributed by atoms with Crippen LogP contribution < -0.4 is 4.72 Å². The Hall–Kier alpha value is -0.660. The molecule has 0 saturated carbocycles. The summed E-state index contributed by atoms with van der Waals surface area (Å²) in [4.78, 5) is 11.0. The van der Waals surface area contributed by atoms with Crippen LogP contribution in [0.4, 0.5) is 0 Å². The predicted octanol–water partition coefficient (Wildman–Crippen LogP) is 0.414. The van der Waals surface area contributed by atoms with E-state index in [1.165, 1.54) is 4.31 Å². The zero-order chi connectivity index (χ0) is 13.2. The van der Waals surface area contributed by atoms with E-state index in [0.29, 0.717) is 19.4 Å². The number of carbonyl (C=O) groups is 1. The van der Waals surface area contributed by atoms with E-state index in [4.69, 9.17) is 5.11 Å². The second-order valence-electron chi connectivity index (χ2n) is 4.72. The van der Waals surface area contributed by atoms with Crippen LogP contribution in [-0.4, -0.2) is 42.4 Å². The Morgan fingerprint density at radius 1 is 1.47 bits per heavy atom. The predicted molar refractivity (Wildman–Crippen MR) is 63.7 cm³/mol. The number of piperidine rings is 1. The van der Waals surface area contributed by atoms with Crippen LogP contribution in [0.15, 0.2) is 0 Å². The van der Waals surface area contributed by atoms with Crippen molar-refractivity contribution in [1.29, 1.82) is 0 Å². The van der Waals surface area contributed by atoms with Crippen LogP contribution in [0.25, 0.3) is 0 Å². The first-order valence-corrected chi connectivity index (χ1v) is 7.21.